The van der Waals surface area contributed by atoms with Crippen LogP contribution in [0.4, 0.5) is 0 Å². The zero-order chi connectivity index (χ0) is 20.0. The number of carbonyl (C=O) groups is 1. The number of amides is 1. The third-order valence-corrected chi connectivity index (χ3v) is 4.83. The second kappa shape index (κ2) is 13.0. The van der Waals surface area contributed by atoms with Crippen molar-refractivity contribution in [2.75, 3.05) is 40.4 Å². The van der Waals surface area contributed by atoms with Crippen LogP contribution in [0.1, 0.15) is 48.9 Å². The average molecular weight is 391 g/mol. The third kappa shape index (κ3) is 8.17. The first-order valence-electron chi connectivity index (χ1n) is 10.2. The van der Waals surface area contributed by atoms with Gasteiger partial charge in [-0.1, -0.05) is 25.7 Å². The summed E-state index contributed by atoms with van der Waals surface area (Å²) in [5, 5.41) is 9.32. The Morgan fingerprint density at radius 2 is 1.64 bits per heavy atom. The summed E-state index contributed by atoms with van der Waals surface area (Å²) in [6.07, 6.45) is 8.01. The molecule has 0 atom stereocenters. The Morgan fingerprint density at radius 1 is 1.00 bits per heavy atom. The van der Waals surface area contributed by atoms with E-state index in [1.54, 1.807) is 38.4 Å². The van der Waals surface area contributed by atoms with E-state index in [4.69, 9.17) is 9.47 Å². The summed E-state index contributed by atoms with van der Waals surface area (Å²) >= 11 is 0. The fourth-order valence-electron chi connectivity index (χ4n) is 3.23. The van der Waals surface area contributed by atoms with Crippen molar-refractivity contribution in [1.29, 1.82) is 0 Å². The molecule has 1 aliphatic carbocycles. The third-order valence-electron chi connectivity index (χ3n) is 4.83. The normalized spacial score (nSPS) is 15.6. The topological polar surface area (TPSA) is 84.0 Å². The van der Waals surface area contributed by atoms with Crippen molar-refractivity contribution in [1.82, 2.24) is 16.0 Å². The molecule has 0 bridgehead atoms. The molecule has 1 amide bonds. The smallest absolute Gasteiger partial charge is 0.251 e. The summed E-state index contributed by atoms with van der Waals surface area (Å²) in [6.45, 7) is 2.49. The molecule has 28 heavy (non-hydrogen) atoms. The molecule has 1 fully saturated rings. The summed E-state index contributed by atoms with van der Waals surface area (Å²) in [7, 11) is 3.34. The minimum atomic E-state index is -0.107. The average Bonchev–Trinajstić information content (AvgIpc) is 3.01. The van der Waals surface area contributed by atoms with E-state index in [2.05, 4.69) is 20.9 Å². The molecule has 0 unspecified atom stereocenters. The van der Waals surface area contributed by atoms with Crippen LogP contribution in [0.5, 0.6) is 5.75 Å². The van der Waals surface area contributed by atoms with Gasteiger partial charge in [-0.25, -0.2) is 0 Å². The highest BCUT2D eigenvalue weighted by atomic mass is 16.5. The van der Waals surface area contributed by atoms with E-state index in [9.17, 15) is 4.79 Å². The van der Waals surface area contributed by atoms with Gasteiger partial charge in [0.15, 0.2) is 5.96 Å². The minimum absolute atomic E-state index is 0.107. The Morgan fingerprint density at radius 3 is 2.29 bits per heavy atom. The maximum absolute atomic E-state index is 12.1. The van der Waals surface area contributed by atoms with Gasteiger partial charge in [0.2, 0.25) is 0 Å². The molecule has 1 aromatic rings. The van der Waals surface area contributed by atoms with Gasteiger partial charge in [0.25, 0.3) is 5.91 Å². The molecule has 0 aromatic heterocycles. The van der Waals surface area contributed by atoms with Crippen LogP contribution in [-0.4, -0.2) is 58.4 Å². The molecule has 0 radical (unpaired) electrons. The van der Waals surface area contributed by atoms with Crippen LogP contribution < -0.4 is 20.7 Å². The number of hydrogen-bond donors (Lipinski definition) is 3. The maximum Gasteiger partial charge on any atom is 0.251 e. The lowest BCUT2D eigenvalue weighted by Crippen LogP contribution is -2.42. The van der Waals surface area contributed by atoms with Crippen molar-refractivity contribution >= 4 is 11.9 Å². The van der Waals surface area contributed by atoms with Gasteiger partial charge in [-0.2, -0.15) is 0 Å². The molecule has 0 heterocycles. The number of aliphatic imine (C=N–C) groups is 1. The molecule has 1 aromatic carbocycles. The van der Waals surface area contributed by atoms with E-state index in [-0.39, 0.29) is 5.91 Å². The number of nitrogens with zero attached hydrogens (tertiary/aromatic N) is 1. The van der Waals surface area contributed by atoms with Crippen molar-refractivity contribution in [2.45, 2.75) is 44.6 Å². The van der Waals surface area contributed by atoms with Crippen LogP contribution in [0, 0.1) is 0 Å². The number of benzene rings is 1. The number of carbonyl (C=O) groups excluding carboxylic acids is 1. The largest absolute Gasteiger partial charge is 0.497 e. The van der Waals surface area contributed by atoms with E-state index in [0.29, 0.717) is 43.9 Å². The van der Waals surface area contributed by atoms with Crippen LogP contribution >= 0.6 is 0 Å². The highest BCUT2D eigenvalue weighted by Gasteiger charge is 2.12. The Hall–Kier alpha value is -2.28. The Bertz CT molecular complexity index is 596. The summed E-state index contributed by atoms with van der Waals surface area (Å²) in [5.41, 5.74) is 0.610. The number of rotatable bonds is 9. The maximum atomic E-state index is 12.1. The van der Waals surface area contributed by atoms with Crippen LogP contribution in [0.15, 0.2) is 29.3 Å². The second-order valence-electron chi connectivity index (χ2n) is 6.89. The zero-order valence-electron chi connectivity index (χ0n) is 17.1. The molecular weight excluding hydrogens is 356 g/mol. The Labute approximate surface area is 168 Å². The minimum Gasteiger partial charge on any atom is -0.497 e. The van der Waals surface area contributed by atoms with Crippen LogP contribution in [-0.2, 0) is 4.74 Å². The standard InChI is InChI=1S/C21H34N4O3/c1-22-21(25-15-16-28-19-7-5-3-4-6-8-19)24-14-13-23-20(26)17-9-11-18(27-2)12-10-17/h9-12,19H,3-8,13-16H2,1-2H3,(H,23,26)(H2,22,24,25). The Kier molecular flexibility index (Phi) is 10.2. The second-order valence-corrected chi connectivity index (χ2v) is 6.89. The van der Waals surface area contributed by atoms with E-state index in [1.165, 1.54) is 38.5 Å². The Balaban J connectivity index is 1.56. The summed E-state index contributed by atoms with van der Waals surface area (Å²) in [6, 6.07) is 7.04. The fourth-order valence-corrected chi connectivity index (χ4v) is 3.23. The first kappa shape index (κ1) is 22.0. The number of methoxy groups -OCH3 is 1. The molecule has 7 nitrogen and oxygen atoms in total. The highest BCUT2D eigenvalue weighted by Crippen LogP contribution is 2.19. The zero-order valence-corrected chi connectivity index (χ0v) is 17.1. The highest BCUT2D eigenvalue weighted by molar-refractivity contribution is 5.94. The van der Waals surface area contributed by atoms with E-state index >= 15 is 0 Å². The molecule has 0 spiro atoms. The lowest BCUT2D eigenvalue weighted by atomic mass is 10.1. The first-order chi connectivity index (χ1) is 13.7. The van der Waals surface area contributed by atoms with Crippen molar-refractivity contribution in [3.05, 3.63) is 29.8 Å². The van der Waals surface area contributed by atoms with Crippen molar-refractivity contribution in [3.8, 4) is 5.75 Å². The quantitative estimate of drug-likeness (QED) is 0.261. The molecule has 1 aliphatic rings. The molecule has 3 N–H and O–H groups in total. The van der Waals surface area contributed by atoms with Gasteiger partial charge in [0, 0.05) is 32.2 Å². The molecule has 2 rings (SSSR count). The fraction of sp³-hybridized carbons (Fsp3) is 0.619. The van der Waals surface area contributed by atoms with Gasteiger partial charge in [0.05, 0.1) is 19.8 Å². The predicted molar refractivity (Wildman–Crippen MR) is 112 cm³/mol. The first-order valence-corrected chi connectivity index (χ1v) is 10.2. The van der Waals surface area contributed by atoms with Gasteiger partial charge < -0.3 is 25.4 Å². The van der Waals surface area contributed by atoms with E-state index in [1.807, 2.05) is 0 Å². The van der Waals surface area contributed by atoms with Crippen LogP contribution in [0.25, 0.3) is 0 Å². The molecule has 0 aliphatic heterocycles. The van der Waals surface area contributed by atoms with Crippen molar-refractivity contribution in [2.24, 2.45) is 4.99 Å². The summed E-state index contributed by atoms with van der Waals surface area (Å²) in [4.78, 5) is 16.3. The number of guanidine groups is 1. The van der Waals surface area contributed by atoms with E-state index in [0.717, 1.165) is 5.75 Å². The van der Waals surface area contributed by atoms with E-state index < -0.39 is 0 Å². The lowest BCUT2D eigenvalue weighted by molar-refractivity contribution is 0.0468. The van der Waals surface area contributed by atoms with Gasteiger partial charge in [-0.05, 0) is 37.1 Å². The predicted octanol–water partition coefficient (Wildman–Crippen LogP) is 2.33. The van der Waals surface area contributed by atoms with Gasteiger partial charge in [0.1, 0.15) is 5.75 Å². The lowest BCUT2D eigenvalue weighted by Gasteiger charge is -2.17. The van der Waals surface area contributed by atoms with Crippen LogP contribution in [0.2, 0.25) is 0 Å². The summed E-state index contributed by atoms with van der Waals surface area (Å²) in [5.74, 6) is 1.34. The van der Waals surface area contributed by atoms with Gasteiger partial charge >= 0.3 is 0 Å². The van der Waals surface area contributed by atoms with Crippen LogP contribution in [0.3, 0.4) is 0 Å². The molecule has 7 heteroatoms. The van der Waals surface area contributed by atoms with Gasteiger partial charge in [-0.3, -0.25) is 9.79 Å². The molecule has 1 saturated carbocycles. The molecule has 156 valence electrons. The molecular formula is C21H34N4O3. The number of nitrogens with one attached hydrogen (secondary N) is 3. The van der Waals surface area contributed by atoms with Crippen molar-refractivity contribution < 1.29 is 14.3 Å². The molecule has 0 saturated heterocycles. The summed E-state index contributed by atoms with van der Waals surface area (Å²) < 4.78 is 11.1. The van der Waals surface area contributed by atoms with Crippen molar-refractivity contribution in [3.63, 3.8) is 0 Å². The SMILES string of the molecule is CN=C(NCCNC(=O)c1ccc(OC)cc1)NCCOC1CCCCCC1. The number of ether oxygens (including phenoxy) is 2. The monoisotopic (exact) mass is 390 g/mol. The number of hydrogen-bond acceptors (Lipinski definition) is 4. The van der Waals surface area contributed by atoms with Gasteiger partial charge in [-0.15, -0.1) is 0 Å².